The Bertz CT molecular complexity index is 1090. The second kappa shape index (κ2) is 8.26. The zero-order chi connectivity index (χ0) is 21.4. The van der Waals surface area contributed by atoms with Crippen LogP contribution in [0.1, 0.15) is 31.6 Å². The third-order valence-corrected chi connectivity index (χ3v) is 6.36. The van der Waals surface area contributed by atoms with Crippen molar-refractivity contribution in [2.45, 2.75) is 50.7 Å². The van der Waals surface area contributed by atoms with Crippen molar-refractivity contribution in [1.82, 2.24) is 20.2 Å². The van der Waals surface area contributed by atoms with Crippen molar-refractivity contribution >= 4 is 22.6 Å². The Balaban J connectivity index is 1.31. The average Bonchev–Trinajstić information content (AvgIpc) is 3.32. The van der Waals surface area contributed by atoms with E-state index < -0.39 is 0 Å². The fraction of sp³-hybridized carbons (Fsp3) is 0.435. The van der Waals surface area contributed by atoms with Gasteiger partial charge in [-0.3, -0.25) is 5.32 Å². The summed E-state index contributed by atoms with van der Waals surface area (Å²) in [6.45, 7) is 1.84. The molecule has 0 radical (unpaired) electrons. The predicted molar refractivity (Wildman–Crippen MR) is 117 cm³/mol. The Labute approximate surface area is 180 Å². The molecule has 3 atom stereocenters. The molecule has 3 aromatic rings. The number of anilines is 1. The number of piperidine rings is 1. The van der Waals surface area contributed by atoms with Gasteiger partial charge >= 0.3 is 6.03 Å². The molecule has 1 unspecified atom stereocenters. The summed E-state index contributed by atoms with van der Waals surface area (Å²) in [5.41, 5.74) is 0.928. The standard InChI is InChI=1S/C23H26FN5O2/c1-14-26-13-21(31-14)15-2-3-16-12-27-22(9-17(16)8-15)28-23(30)29-19-4-5-20(29)11-18(10-19)25-7-6-24/h2-3,8-9,12-13,18-20,25H,4-7,10-11H2,1H3,(H,27,28,30)/t18?,19-,20+. The minimum absolute atomic E-state index is 0.106. The number of oxazole rings is 1. The largest absolute Gasteiger partial charge is 0.441 e. The van der Waals surface area contributed by atoms with E-state index in [4.69, 9.17) is 4.42 Å². The Kier molecular flexibility index (Phi) is 5.31. The van der Waals surface area contributed by atoms with Crippen molar-refractivity contribution in [3.63, 3.8) is 0 Å². The van der Waals surface area contributed by atoms with Gasteiger partial charge in [0.1, 0.15) is 12.5 Å². The molecular formula is C23H26FN5O2. The fourth-order valence-corrected chi connectivity index (χ4v) is 4.97. The van der Waals surface area contributed by atoms with Gasteiger partial charge in [0.15, 0.2) is 11.7 Å². The van der Waals surface area contributed by atoms with Crippen LogP contribution in [0, 0.1) is 6.92 Å². The maximum atomic E-state index is 13.0. The lowest BCUT2D eigenvalue weighted by Gasteiger charge is -2.39. The molecule has 2 saturated heterocycles. The molecule has 2 aliphatic heterocycles. The molecule has 0 saturated carbocycles. The Hall–Kier alpha value is -3.00. The number of nitrogens with zero attached hydrogens (tertiary/aromatic N) is 3. The third kappa shape index (κ3) is 3.99. The second-order valence-electron chi connectivity index (χ2n) is 8.41. The number of aromatic nitrogens is 2. The van der Waals surface area contributed by atoms with Gasteiger partial charge in [-0.2, -0.15) is 0 Å². The lowest BCUT2D eigenvalue weighted by Crippen LogP contribution is -2.53. The molecular weight excluding hydrogens is 397 g/mol. The van der Waals surface area contributed by atoms with E-state index in [1.807, 2.05) is 36.1 Å². The van der Waals surface area contributed by atoms with Crippen LogP contribution in [-0.4, -0.2) is 52.2 Å². The minimum Gasteiger partial charge on any atom is -0.441 e. The number of amides is 2. The maximum absolute atomic E-state index is 13.0. The summed E-state index contributed by atoms with van der Waals surface area (Å²) < 4.78 is 18.1. The van der Waals surface area contributed by atoms with Crippen molar-refractivity contribution < 1.29 is 13.6 Å². The Morgan fingerprint density at radius 2 is 1.97 bits per heavy atom. The van der Waals surface area contributed by atoms with E-state index in [9.17, 15) is 9.18 Å². The lowest BCUT2D eigenvalue weighted by atomic mass is 9.97. The van der Waals surface area contributed by atoms with Crippen molar-refractivity contribution in [2.75, 3.05) is 18.5 Å². The average molecular weight is 423 g/mol. The number of carbonyl (C=O) groups is 1. The summed E-state index contributed by atoms with van der Waals surface area (Å²) >= 11 is 0. The number of hydrogen-bond acceptors (Lipinski definition) is 5. The summed E-state index contributed by atoms with van der Waals surface area (Å²) in [4.78, 5) is 23.6. The Morgan fingerprint density at radius 3 is 2.68 bits per heavy atom. The number of carbonyl (C=O) groups excluding carboxylic acids is 1. The number of halogens is 1. The molecule has 1 aromatic carbocycles. The summed E-state index contributed by atoms with van der Waals surface area (Å²) in [5.74, 6) is 1.86. The number of alkyl halides is 1. The van der Waals surface area contributed by atoms with E-state index in [0.29, 0.717) is 24.0 Å². The number of pyridine rings is 1. The highest BCUT2D eigenvalue weighted by Gasteiger charge is 2.43. The highest BCUT2D eigenvalue weighted by Crippen LogP contribution is 2.36. The van der Waals surface area contributed by atoms with Crippen LogP contribution < -0.4 is 10.6 Å². The first-order valence-electron chi connectivity index (χ1n) is 10.8. The molecule has 8 heteroatoms. The first kappa shape index (κ1) is 19.9. The first-order valence-corrected chi connectivity index (χ1v) is 10.8. The van der Waals surface area contributed by atoms with Crippen LogP contribution in [0.5, 0.6) is 0 Å². The van der Waals surface area contributed by atoms with Gasteiger partial charge in [-0.25, -0.2) is 19.2 Å². The molecule has 2 N–H and O–H groups in total. The Morgan fingerprint density at radius 1 is 1.16 bits per heavy atom. The van der Waals surface area contributed by atoms with Crippen LogP contribution in [0.15, 0.2) is 41.1 Å². The molecule has 31 heavy (non-hydrogen) atoms. The zero-order valence-electron chi connectivity index (χ0n) is 17.5. The van der Waals surface area contributed by atoms with E-state index >= 15 is 0 Å². The van der Waals surface area contributed by atoms with Crippen LogP contribution in [0.25, 0.3) is 22.1 Å². The normalized spacial score (nSPS) is 22.8. The van der Waals surface area contributed by atoms with E-state index in [-0.39, 0.29) is 30.8 Å². The monoisotopic (exact) mass is 423 g/mol. The van der Waals surface area contributed by atoms with E-state index in [2.05, 4.69) is 20.6 Å². The third-order valence-electron chi connectivity index (χ3n) is 6.36. The number of nitrogens with one attached hydrogen (secondary N) is 2. The number of hydrogen-bond donors (Lipinski definition) is 2. The van der Waals surface area contributed by atoms with Crippen LogP contribution in [0.4, 0.5) is 15.0 Å². The minimum atomic E-state index is -0.360. The second-order valence-corrected chi connectivity index (χ2v) is 8.41. The summed E-state index contributed by atoms with van der Waals surface area (Å²) in [5, 5.41) is 8.20. The smallest absolute Gasteiger partial charge is 0.323 e. The van der Waals surface area contributed by atoms with E-state index in [1.165, 1.54) is 0 Å². The van der Waals surface area contributed by atoms with Crippen molar-refractivity contribution in [2.24, 2.45) is 0 Å². The molecule has 2 aliphatic rings. The van der Waals surface area contributed by atoms with Crippen LogP contribution >= 0.6 is 0 Å². The van der Waals surface area contributed by atoms with Gasteiger partial charge in [-0.15, -0.1) is 0 Å². The number of benzene rings is 1. The molecule has 2 fully saturated rings. The summed E-state index contributed by atoms with van der Waals surface area (Å²) in [6.07, 6.45) is 7.21. The molecule has 4 heterocycles. The number of urea groups is 1. The van der Waals surface area contributed by atoms with Gasteiger partial charge in [0.05, 0.1) is 6.20 Å². The molecule has 0 aliphatic carbocycles. The topological polar surface area (TPSA) is 83.3 Å². The molecule has 2 amide bonds. The molecule has 7 nitrogen and oxygen atoms in total. The van der Waals surface area contributed by atoms with Gasteiger partial charge in [-0.1, -0.05) is 12.1 Å². The maximum Gasteiger partial charge on any atom is 0.323 e. The van der Waals surface area contributed by atoms with Gasteiger partial charge in [0.25, 0.3) is 0 Å². The number of fused-ring (bicyclic) bond motifs is 3. The van der Waals surface area contributed by atoms with Crippen LogP contribution in [0.2, 0.25) is 0 Å². The molecule has 2 aromatic heterocycles. The highest BCUT2D eigenvalue weighted by atomic mass is 19.1. The van der Waals surface area contributed by atoms with Gasteiger partial charge < -0.3 is 14.6 Å². The number of aryl methyl sites for hydroxylation is 1. The van der Waals surface area contributed by atoms with E-state index in [0.717, 1.165) is 42.0 Å². The molecule has 0 spiro atoms. The van der Waals surface area contributed by atoms with Crippen LogP contribution in [-0.2, 0) is 0 Å². The van der Waals surface area contributed by atoms with Crippen molar-refractivity contribution in [1.29, 1.82) is 0 Å². The number of rotatable bonds is 5. The molecule has 2 bridgehead atoms. The van der Waals surface area contributed by atoms with Gasteiger partial charge in [0, 0.05) is 48.7 Å². The van der Waals surface area contributed by atoms with E-state index in [1.54, 1.807) is 12.4 Å². The highest BCUT2D eigenvalue weighted by molar-refractivity contribution is 5.93. The predicted octanol–water partition coefficient (Wildman–Crippen LogP) is 4.28. The first-order chi connectivity index (χ1) is 15.1. The van der Waals surface area contributed by atoms with Gasteiger partial charge in [0.2, 0.25) is 0 Å². The molecule has 162 valence electrons. The van der Waals surface area contributed by atoms with Crippen molar-refractivity contribution in [3.05, 3.63) is 42.5 Å². The summed E-state index contributed by atoms with van der Waals surface area (Å²) in [6, 6.07) is 8.42. The summed E-state index contributed by atoms with van der Waals surface area (Å²) in [7, 11) is 0. The van der Waals surface area contributed by atoms with Crippen LogP contribution in [0.3, 0.4) is 0 Å². The molecule has 5 rings (SSSR count). The van der Waals surface area contributed by atoms with Crippen molar-refractivity contribution in [3.8, 4) is 11.3 Å². The SMILES string of the molecule is Cc1ncc(-c2ccc3cnc(NC(=O)N4[C@@H]5CC[C@H]4CC(NCCF)C5)cc3c2)o1. The zero-order valence-corrected chi connectivity index (χ0v) is 17.5. The quantitative estimate of drug-likeness (QED) is 0.640. The fourth-order valence-electron chi connectivity index (χ4n) is 4.97. The lowest BCUT2D eigenvalue weighted by molar-refractivity contribution is 0.141. The van der Waals surface area contributed by atoms with Gasteiger partial charge in [-0.05, 0) is 43.2 Å².